The van der Waals surface area contributed by atoms with Gasteiger partial charge in [-0.05, 0) is 50.4 Å². The second-order valence-corrected chi connectivity index (χ2v) is 6.05. The summed E-state index contributed by atoms with van der Waals surface area (Å²) in [7, 11) is 0. The third-order valence-electron chi connectivity index (χ3n) is 5.31. The van der Waals surface area contributed by atoms with Gasteiger partial charge in [-0.3, -0.25) is 0 Å². The highest BCUT2D eigenvalue weighted by molar-refractivity contribution is 4.96. The van der Waals surface area contributed by atoms with Gasteiger partial charge in [0.25, 0.3) is 0 Å². The van der Waals surface area contributed by atoms with Gasteiger partial charge in [-0.1, -0.05) is 19.8 Å². The lowest BCUT2D eigenvalue weighted by Crippen LogP contribution is -2.49. The molecule has 16 heavy (non-hydrogen) atoms. The van der Waals surface area contributed by atoms with E-state index in [2.05, 4.69) is 6.92 Å². The SMILES string of the molecule is CCC1CCC(CN)(C(O)C2CCC2)CC1. The summed E-state index contributed by atoms with van der Waals surface area (Å²) in [5.74, 6) is 1.44. The Labute approximate surface area is 99.6 Å². The molecule has 1 atom stereocenters. The second kappa shape index (κ2) is 5.05. The zero-order valence-corrected chi connectivity index (χ0v) is 10.6. The lowest BCUT2D eigenvalue weighted by atomic mass is 9.61. The minimum absolute atomic E-state index is 0.0662. The van der Waals surface area contributed by atoms with Gasteiger partial charge in [-0.2, -0.15) is 0 Å². The van der Waals surface area contributed by atoms with Crippen LogP contribution < -0.4 is 5.73 Å². The molecule has 0 aliphatic heterocycles. The maximum absolute atomic E-state index is 10.5. The van der Waals surface area contributed by atoms with Crippen LogP contribution in [-0.4, -0.2) is 17.8 Å². The Morgan fingerprint density at radius 2 is 1.88 bits per heavy atom. The number of nitrogens with two attached hydrogens (primary N) is 1. The first kappa shape index (κ1) is 12.4. The lowest BCUT2D eigenvalue weighted by molar-refractivity contribution is -0.0654. The Hall–Kier alpha value is -0.0800. The van der Waals surface area contributed by atoms with E-state index < -0.39 is 0 Å². The van der Waals surface area contributed by atoms with Crippen LogP contribution in [0.5, 0.6) is 0 Å². The maximum Gasteiger partial charge on any atom is 0.0636 e. The number of aliphatic hydroxyl groups is 1. The summed E-state index contributed by atoms with van der Waals surface area (Å²) in [4.78, 5) is 0. The smallest absolute Gasteiger partial charge is 0.0636 e. The predicted octanol–water partition coefficient (Wildman–Crippen LogP) is 2.69. The highest BCUT2D eigenvalue weighted by atomic mass is 16.3. The van der Waals surface area contributed by atoms with E-state index in [1.54, 1.807) is 0 Å². The Morgan fingerprint density at radius 1 is 1.25 bits per heavy atom. The molecular formula is C14H27NO. The summed E-state index contributed by atoms with van der Waals surface area (Å²) in [6.45, 7) is 2.96. The minimum Gasteiger partial charge on any atom is -0.392 e. The first-order chi connectivity index (χ1) is 7.72. The molecule has 3 N–H and O–H groups in total. The first-order valence-corrected chi connectivity index (χ1v) is 7.10. The van der Waals surface area contributed by atoms with E-state index in [4.69, 9.17) is 5.73 Å². The van der Waals surface area contributed by atoms with Gasteiger partial charge in [0.2, 0.25) is 0 Å². The Kier molecular flexibility index (Phi) is 3.91. The second-order valence-electron chi connectivity index (χ2n) is 6.05. The molecule has 2 nitrogen and oxygen atoms in total. The number of aliphatic hydroxyl groups excluding tert-OH is 1. The van der Waals surface area contributed by atoms with Crippen molar-refractivity contribution in [2.45, 2.75) is 64.4 Å². The van der Waals surface area contributed by atoms with Crippen LogP contribution in [0.2, 0.25) is 0 Å². The highest BCUT2D eigenvalue weighted by Crippen LogP contribution is 2.47. The van der Waals surface area contributed by atoms with Crippen LogP contribution in [0.1, 0.15) is 58.3 Å². The van der Waals surface area contributed by atoms with E-state index in [1.807, 2.05) is 0 Å². The van der Waals surface area contributed by atoms with Crippen LogP contribution in [0.25, 0.3) is 0 Å². The van der Waals surface area contributed by atoms with E-state index in [9.17, 15) is 5.11 Å². The van der Waals surface area contributed by atoms with Gasteiger partial charge in [0.05, 0.1) is 6.10 Å². The van der Waals surface area contributed by atoms with Crippen molar-refractivity contribution in [2.24, 2.45) is 23.0 Å². The molecule has 0 aromatic rings. The van der Waals surface area contributed by atoms with E-state index in [1.165, 1.54) is 38.5 Å². The fraction of sp³-hybridized carbons (Fsp3) is 1.00. The quantitative estimate of drug-likeness (QED) is 0.772. The molecule has 1 unspecified atom stereocenters. The molecule has 94 valence electrons. The highest BCUT2D eigenvalue weighted by Gasteiger charge is 2.44. The maximum atomic E-state index is 10.5. The molecule has 0 aromatic heterocycles. The number of rotatable bonds is 4. The third-order valence-corrected chi connectivity index (χ3v) is 5.31. The van der Waals surface area contributed by atoms with Crippen molar-refractivity contribution < 1.29 is 5.11 Å². The molecule has 2 rings (SSSR count). The summed E-state index contributed by atoms with van der Waals surface area (Å²) in [5, 5.41) is 10.5. The van der Waals surface area contributed by atoms with E-state index >= 15 is 0 Å². The normalized spacial score (nSPS) is 38.1. The molecule has 2 heteroatoms. The molecule has 0 amide bonds. The monoisotopic (exact) mass is 225 g/mol. The number of hydrogen-bond donors (Lipinski definition) is 2. The lowest BCUT2D eigenvalue weighted by Gasteiger charge is -2.47. The molecule has 0 radical (unpaired) electrons. The summed E-state index contributed by atoms with van der Waals surface area (Å²) in [6.07, 6.45) is 9.78. The van der Waals surface area contributed by atoms with Gasteiger partial charge < -0.3 is 10.8 Å². The topological polar surface area (TPSA) is 46.2 Å². The van der Waals surface area contributed by atoms with Crippen molar-refractivity contribution in [1.29, 1.82) is 0 Å². The van der Waals surface area contributed by atoms with Crippen LogP contribution in [0.15, 0.2) is 0 Å². The van der Waals surface area contributed by atoms with Crippen LogP contribution >= 0.6 is 0 Å². The first-order valence-electron chi connectivity index (χ1n) is 7.10. The fourth-order valence-electron chi connectivity index (χ4n) is 3.54. The van der Waals surface area contributed by atoms with Crippen LogP contribution in [0, 0.1) is 17.3 Å². The van der Waals surface area contributed by atoms with E-state index in [0.29, 0.717) is 12.5 Å². The van der Waals surface area contributed by atoms with Crippen LogP contribution in [-0.2, 0) is 0 Å². The minimum atomic E-state index is -0.121. The van der Waals surface area contributed by atoms with Crippen LogP contribution in [0.3, 0.4) is 0 Å². The molecule has 0 heterocycles. The molecule has 0 bridgehead atoms. The zero-order valence-electron chi connectivity index (χ0n) is 10.6. The van der Waals surface area contributed by atoms with Crippen molar-refractivity contribution in [1.82, 2.24) is 0 Å². The molecule has 0 spiro atoms. The molecule has 2 saturated carbocycles. The Balaban J connectivity index is 1.96. The Morgan fingerprint density at radius 3 is 2.25 bits per heavy atom. The van der Waals surface area contributed by atoms with Gasteiger partial charge in [0, 0.05) is 12.0 Å². The van der Waals surface area contributed by atoms with Crippen molar-refractivity contribution in [3.8, 4) is 0 Å². The summed E-state index contributed by atoms with van der Waals surface area (Å²) in [5.41, 5.74) is 6.05. The van der Waals surface area contributed by atoms with Gasteiger partial charge in [-0.25, -0.2) is 0 Å². The van der Waals surface area contributed by atoms with Gasteiger partial charge in [0.1, 0.15) is 0 Å². The van der Waals surface area contributed by atoms with Gasteiger partial charge in [0.15, 0.2) is 0 Å². The molecule has 2 fully saturated rings. The molecule has 0 saturated heterocycles. The Bertz CT molecular complexity index is 217. The average molecular weight is 225 g/mol. The zero-order chi connectivity index (χ0) is 11.6. The van der Waals surface area contributed by atoms with Gasteiger partial charge in [-0.15, -0.1) is 0 Å². The fourth-order valence-corrected chi connectivity index (χ4v) is 3.54. The summed E-state index contributed by atoms with van der Waals surface area (Å²) >= 11 is 0. The molecule has 2 aliphatic carbocycles. The van der Waals surface area contributed by atoms with E-state index in [-0.39, 0.29) is 11.5 Å². The van der Waals surface area contributed by atoms with Crippen molar-refractivity contribution in [3.05, 3.63) is 0 Å². The molecule has 0 aromatic carbocycles. The predicted molar refractivity (Wildman–Crippen MR) is 67.1 cm³/mol. The average Bonchev–Trinajstić information content (AvgIpc) is 2.27. The molecular weight excluding hydrogens is 198 g/mol. The van der Waals surface area contributed by atoms with E-state index in [0.717, 1.165) is 18.8 Å². The number of hydrogen-bond acceptors (Lipinski definition) is 2. The van der Waals surface area contributed by atoms with Crippen molar-refractivity contribution >= 4 is 0 Å². The largest absolute Gasteiger partial charge is 0.392 e. The summed E-state index contributed by atoms with van der Waals surface area (Å²) in [6, 6.07) is 0. The van der Waals surface area contributed by atoms with Crippen LogP contribution in [0.4, 0.5) is 0 Å². The van der Waals surface area contributed by atoms with Crippen molar-refractivity contribution in [2.75, 3.05) is 6.54 Å². The third kappa shape index (κ3) is 2.14. The summed E-state index contributed by atoms with van der Waals surface area (Å²) < 4.78 is 0. The standard InChI is InChI=1S/C14H27NO/c1-2-11-6-8-14(10-15,9-7-11)13(16)12-4-3-5-12/h11-13,16H,2-10,15H2,1H3. The van der Waals surface area contributed by atoms with Gasteiger partial charge >= 0.3 is 0 Å². The molecule has 2 aliphatic rings. The van der Waals surface area contributed by atoms with Crippen molar-refractivity contribution in [3.63, 3.8) is 0 Å².